The molecule has 0 fully saturated rings. The van der Waals surface area contributed by atoms with Crippen LogP contribution in [0.15, 0.2) is 60.8 Å². The van der Waals surface area contributed by atoms with Crippen molar-refractivity contribution in [3.05, 3.63) is 83.7 Å². The van der Waals surface area contributed by atoms with E-state index in [1.54, 1.807) is 12.3 Å². The number of amides is 3. The summed E-state index contributed by atoms with van der Waals surface area (Å²) in [5.41, 5.74) is 13.0. The van der Waals surface area contributed by atoms with E-state index in [2.05, 4.69) is 15.4 Å². The molecule has 0 bridgehead atoms. The lowest BCUT2D eigenvalue weighted by Gasteiger charge is -2.33. The van der Waals surface area contributed by atoms with Gasteiger partial charge in [-0.05, 0) is 48.2 Å². The maximum absolute atomic E-state index is 14.8. The van der Waals surface area contributed by atoms with E-state index < -0.39 is 77.8 Å². The Bertz CT molecular complexity index is 1740. The third kappa shape index (κ3) is 12.3. The van der Waals surface area contributed by atoms with E-state index in [-0.39, 0.29) is 31.1 Å². The highest BCUT2D eigenvalue weighted by Gasteiger charge is 2.43. The first kappa shape index (κ1) is 41.3. The van der Waals surface area contributed by atoms with Crippen molar-refractivity contribution in [3.8, 4) is 11.1 Å². The molecule has 3 aromatic rings. The number of hydrogen-bond acceptors (Lipinski definition) is 8. The lowest BCUT2D eigenvalue weighted by molar-refractivity contribution is -0.202. The molecule has 0 saturated heterocycles. The van der Waals surface area contributed by atoms with E-state index in [1.165, 1.54) is 0 Å². The molecule has 17 heteroatoms. The second-order valence-electron chi connectivity index (χ2n) is 13.1. The molecule has 3 rings (SSSR count). The van der Waals surface area contributed by atoms with Gasteiger partial charge in [-0.2, -0.15) is 13.2 Å². The minimum Gasteiger partial charge on any atom is -0.385 e. The number of benzene rings is 2. The maximum Gasteiger partial charge on any atom is 0.491 e. The van der Waals surface area contributed by atoms with Crippen LogP contribution >= 0.6 is 0 Å². The topological polar surface area (TPSA) is 188 Å². The van der Waals surface area contributed by atoms with Gasteiger partial charge in [0.25, 0.3) is 0 Å². The molecule has 3 atom stereocenters. The smallest absolute Gasteiger partial charge is 0.385 e. The summed E-state index contributed by atoms with van der Waals surface area (Å²) in [5, 5.41) is 7.83. The number of halogens is 5. The second kappa shape index (κ2) is 17.9. The molecule has 1 heterocycles. The van der Waals surface area contributed by atoms with Crippen molar-refractivity contribution in [3.63, 3.8) is 0 Å². The van der Waals surface area contributed by atoms with Gasteiger partial charge < -0.3 is 36.7 Å². The van der Waals surface area contributed by atoms with Gasteiger partial charge in [0.05, 0.1) is 18.5 Å². The predicted octanol–water partition coefficient (Wildman–Crippen LogP) is 3.37. The molecule has 0 saturated carbocycles. The van der Waals surface area contributed by atoms with Gasteiger partial charge in [-0.25, -0.2) is 18.4 Å². The fraction of sp³-hybridized carbons (Fsp3) is 0.400. The lowest BCUT2D eigenvalue weighted by Crippen LogP contribution is -2.47. The summed E-state index contributed by atoms with van der Waals surface area (Å²) < 4.78 is 71.9. The molecule has 12 nitrogen and oxygen atoms in total. The molecular weight excluding hydrogens is 695 g/mol. The zero-order valence-corrected chi connectivity index (χ0v) is 28.7. The summed E-state index contributed by atoms with van der Waals surface area (Å²) in [6.45, 7) is 6.35. The Labute approximate surface area is 296 Å². The Morgan fingerprint density at radius 2 is 1.62 bits per heavy atom. The summed E-state index contributed by atoms with van der Waals surface area (Å²) in [6.07, 6.45) is -5.03. The van der Waals surface area contributed by atoms with Crippen molar-refractivity contribution in [2.45, 2.75) is 70.9 Å². The first-order chi connectivity index (χ1) is 24.3. The number of aromatic nitrogens is 1. The number of nitrogens with one attached hydrogen (secondary N) is 3. The Hall–Kier alpha value is -5.16. The zero-order valence-electron chi connectivity index (χ0n) is 28.7. The van der Waals surface area contributed by atoms with E-state index in [4.69, 9.17) is 11.5 Å². The number of alkyl halides is 3. The third-order valence-corrected chi connectivity index (χ3v) is 7.77. The molecule has 1 aromatic heterocycles. The molecular formula is C35H41F5N6O6. The number of nitrogens with two attached hydrogens (primary N) is 2. The molecule has 3 amide bonds. The molecule has 52 heavy (non-hydrogen) atoms. The minimum atomic E-state index is -5.49. The number of nitrogens with zero attached hydrogens (tertiary/aromatic N) is 1. The number of esters is 2. The van der Waals surface area contributed by atoms with Crippen LogP contribution in [-0.2, 0) is 35.3 Å². The van der Waals surface area contributed by atoms with Gasteiger partial charge in [0, 0.05) is 42.5 Å². The van der Waals surface area contributed by atoms with Gasteiger partial charge in [-0.3, -0.25) is 14.4 Å². The van der Waals surface area contributed by atoms with Crippen molar-refractivity contribution in [1.82, 2.24) is 20.5 Å². The van der Waals surface area contributed by atoms with Crippen LogP contribution in [-0.4, -0.2) is 65.6 Å². The first-order valence-corrected chi connectivity index (χ1v) is 16.1. The number of rotatable bonds is 16. The van der Waals surface area contributed by atoms with E-state index in [9.17, 15) is 45.9 Å². The molecule has 0 aliphatic carbocycles. The molecule has 2 aromatic carbocycles. The van der Waals surface area contributed by atoms with Crippen molar-refractivity contribution in [2.75, 3.05) is 13.1 Å². The number of primary amides is 1. The lowest BCUT2D eigenvalue weighted by atomic mass is 9.84. The molecule has 7 N–H and O–H groups in total. The van der Waals surface area contributed by atoms with Gasteiger partial charge in [0.1, 0.15) is 17.7 Å². The molecule has 0 radical (unpaired) electrons. The molecule has 0 aliphatic heterocycles. The van der Waals surface area contributed by atoms with Crippen molar-refractivity contribution < 1.29 is 50.7 Å². The molecule has 0 unspecified atom stereocenters. The standard InChI is InChI=1S/C35H41F5N6O6/c1-34(2,3)30(27-15-21(23-16-22(36)9-10-24(23)37)19-46(27)18-20-7-5-4-6-8-20)43-13-11-25(41)31(49)44-14-12-29(48)45-26(17-28(42)47)32(50)52-33(51)35(38,39)40/h4-10,15-16,19,25-26,30,43H,11-14,17-18,41H2,1-3H3,(H2,42,47)(H,44,49)(H,45,48)/t25-,26-,30-/m0/s1. The van der Waals surface area contributed by atoms with Crippen LogP contribution in [0.2, 0.25) is 0 Å². The van der Waals surface area contributed by atoms with E-state index >= 15 is 0 Å². The fourth-order valence-electron chi connectivity index (χ4n) is 5.23. The highest BCUT2D eigenvalue weighted by Crippen LogP contribution is 2.37. The number of ether oxygens (including phenoxy) is 1. The molecule has 0 aliphatic rings. The highest BCUT2D eigenvalue weighted by molar-refractivity contribution is 5.95. The fourth-order valence-corrected chi connectivity index (χ4v) is 5.23. The Morgan fingerprint density at radius 3 is 2.23 bits per heavy atom. The summed E-state index contributed by atoms with van der Waals surface area (Å²) >= 11 is 0. The van der Waals surface area contributed by atoms with Crippen LogP contribution in [0.25, 0.3) is 11.1 Å². The zero-order chi connectivity index (χ0) is 38.8. The quantitative estimate of drug-likeness (QED) is 0.0841. The number of carbonyl (C=O) groups excluding carboxylic acids is 5. The van der Waals surface area contributed by atoms with Crippen LogP contribution in [0.3, 0.4) is 0 Å². The summed E-state index contributed by atoms with van der Waals surface area (Å²) in [5.74, 6) is -8.62. The largest absolute Gasteiger partial charge is 0.491 e. The monoisotopic (exact) mass is 736 g/mol. The third-order valence-electron chi connectivity index (χ3n) is 7.77. The van der Waals surface area contributed by atoms with Gasteiger partial charge in [0.15, 0.2) is 0 Å². The summed E-state index contributed by atoms with van der Waals surface area (Å²) in [7, 11) is 0. The van der Waals surface area contributed by atoms with Gasteiger partial charge >= 0.3 is 18.1 Å². The van der Waals surface area contributed by atoms with Gasteiger partial charge in [-0.1, -0.05) is 51.1 Å². The van der Waals surface area contributed by atoms with Crippen LogP contribution in [0, 0.1) is 17.0 Å². The SMILES string of the molecule is CC(C)(C)[C@@H](NCC[C@H](N)C(=O)NCCC(=O)N[C@@H](CC(N)=O)C(=O)OC(=O)C(F)(F)F)c1cc(-c2cc(F)ccc2F)cn1Cc1ccccc1. The second-order valence-corrected chi connectivity index (χ2v) is 13.1. The number of carbonyl (C=O) groups is 5. The van der Waals surface area contributed by atoms with Crippen molar-refractivity contribution in [1.29, 1.82) is 0 Å². The minimum absolute atomic E-state index is 0.105. The predicted molar refractivity (Wildman–Crippen MR) is 179 cm³/mol. The highest BCUT2D eigenvalue weighted by atomic mass is 19.4. The van der Waals surface area contributed by atoms with E-state index in [0.29, 0.717) is 12.1 Å². The average molecular weight is 737 g/mol. The summed E-state index contributed by atoms with van der Waals surface area (Å²) in [4.78, 5) is 59.2. The molecule has 0 spiro atoms. The van der Waals surface area contributed by atoms with Gasteiger partial charge in [-0.15, -0.1) is 0 Å². The Kier molecular flexibility index (Phi) is 14.2. The number of hydrogen-bond donors (Lipinski definition) is 5. The van der Waals surface area contributed by atoms with Crippen molar-refractivity contribution >= 4 is 29.7 Å². The maximum atomic E-state index is 14.8. The normalized spacial score (nSPS) is 13.5. The van der Waals surface area contributed by atoms with Crippen LogP contribution in [0.5, 0.6) is 0 Å². The van der Waals surface area contributed by atoms with Crippen LogP contribution in [0.1, 0.15) is 57.3 Å². The van der Waals surface area contributed by atoms with E-state index in [1.807, 2.05) is 61.0 Å². The Balaban J connectivity index is 1.63. The van der Waals surface area contributed by atoms with Gasteiger partial charge in [0.2, 0.25) is 17.7 Å². The summed E-state index contributed by atoms with van der Waals surface area (Å²) in [6, 6.07) is 11.2. The first-order valence-electron chi connectivity index (χ1n) is 16.1. The van der Waals surface area contributed by atoms with Crippen LogP contribution in [0.4, 0.5) is 22.0 Å². The van der Waals surface area contributed by atoms with Crippen molar-refractivity contribution in [2.24, 2.45) is 16.9 Å². The van der Waals surface area contributed by atoms with Crippen LogP contribution < -0.4 is 27.4 Å². The average Bonchev–Trinajstić information content (AvgIpc) is 3.45. The van der Waals surface area contributed by atoms with E-state index in [0.717, 1.165) is 29.5 Å². The Morgan fingerprint density at radius 1 is 0.942 bits per heavy atom. The molecule has 282 valence electrons.